The van der Waals surface area contributed by atoms with Gasteiger partial charge in [-0.2, -0.15) is 0 Å². The molecule has 0 saturated carbocycles. The quantitative estimate of drug-likeness (QED) is 0.375. The number of benzene rings is 2. The third-order valence-electron chi connectivity index (χ3n) is 2.77. The van der Waals surface area contributed by atoms with Crippen LogP contribution in [0.3, 0.4) is 0 Å². The Labute approximate surface area is 116 Å². The van der Waals surface area contributed by atoms with E-state index in [0.29, 0.717) is 23.5 Å². The molecule has 0 aliphatic carbocycles. The standard InChI is InChI=1S/C15H14N2O3/c16-17-15(19)13-5-1-12(2-6-13)10-20-14-7-3-11(9-18)4-8-14/h1-9H,10,16H2,(H,17,19). The maximum absolute atomic E-state index is 11.3. The summed E-state index contributed by atoms with van der Waals surface area (Å²) in [5.41, 5.74) is 4.10. The van der Waals surface area contributed by atoms with Crippen LogP contribution in [-0.4, -0.2) is 12.2 Å². The van der Waals surface area contributed by atoms with Gasteiger partial charge < -0.3 is 4.74 Å². The van der Waals surface area contributed by atoms with Gasteiger partial charge in [0.25, 0.3) is 5.91 Å². The van der Waals surface area contributed by atoms with Crippen molar-refractivity contribution in [2.75, 3.05) is 0 Å². The first kappa shape index (κ1) is 13.8. The molecule has 0 atom stereocenters. The van der Waals surface area contributed by atoms with E-state index in [1.807, 2.05) is 0 Å². The Balaban J connectivity index is 1.96. The highest BCUT2D eigenvalue weighted by Crippen LogP contribution is 2.14. The van der Waals surface area contributed by atoms with Gasteiger partial charge in [0.2, 0.25) is 0 Å². The first-order chi connectivity index (χ1) is 9.72. The van der Waals surface area contributed by atoms with Crippen LogP contribution in [0.5, 0.6) is 5.75 Å². The van der Waals surface area contributed by atoms with Crippen LogP contribution in [0.25, 0.3) is 0 Å². The van der Waals surface area contributed by atoms with E-state index in [2.05, 4.69) is 5.43 Å². The van der Waals surface area contributed by atoms with Crippen molar-refractivity contribution in [3.05, 3.63) is 65.2 Å². The van der Waals surface area contributed by atoms with Crippen molar-refractivity contribution >= 4 is 12.2 Å². The Morgan fingerprint density at radius 2 is 1.75 bits per heavy atom. The summed E-state index contributed by atoms with van der Waals surface area (Å²) >= 11 is 0. The molecule has 0 unspecified atom stereocenters. The molecule has 20 heavy (non-hydrogen) atoms. The largest absolute Gasteiger partial charge is 0.489 e. The van der Waals surface area contributed by atoms with Crippen LogP contribution in [0.2, 0.25) is 0 Å². The number of nitrogen functional groups attached to an aromatic ring is 1. The predicted octanol–water partition coefficient (Wildman–Crippen LogP) is 1.68. The Kier molecular flexibility index (Phi) is 4.47. The molecule has 2 rings (SSSR count). The zero-order valence-corrected chi connectivity index (χ0v) is 10.7. The van der Waals surface area contributed by atoms with Crippen LogP contribution in [0.15, 0.2) is 48.5 Å². The summed E-state index contributed by atoms with van der Waals surface area (Å²) in [6.07, 6.45) is 0.783. The molecule has 102 valence electrons. The molecule has 0 heterocycles. The molecular weight excluding hydrogens is 256 g/mol. The molecular formula is C15H14N2O3. The Morgan fingerprint density at radius 3 is 2.30 bits per heavy atom. The van der Waals surface area contributed by atoms with Crippen molar-refractivity contribution < 1.29 is 14.3 Å². The summed E-state index contributed by atoms with van der Waals surface area (Å²) in [6.45, 7) is 0.380. The fourth-order valence-corrected chi connectivity index (χ4v) is 1.64. The minimum atomic E-state index is -0.332. The number of rotatable bonds is 5. The van der Waals surface area contributed by atoms with E-state index in [9.17, 15) is 9.59 Å². The summed E-state index contributed by atoms with van der Waals surface area (Å²) in [5.74, 6) is 5.40. The van der Waals surface area contributed by atoms with Gasteiger partial charge in [-0.05, 0) is 42.0 Å². The predicted molar refractivity (Wildman–Crippen MR) is 74.3 cm³/mol. The van der Waals surface area contributed by atoms with E-state index in [1.54, 1.807) is 48.5 Å². The lowest BCUT2D eigenvalue weighted by Gasteiger charge is -2.07. The van der Waals surface area contributed by atoms with Crippen LogP contribution >= 0.6 is 0 Å². The molecule has 0 fully saturated rings. The van der Waals surface area contributed by atoms with Gasteiger partial charge in [0.1, 0.15) is 18.6 Å². The lowest BCUT2D eigenvalue weighted by Crippen LogP contribution is -2.29. The smallest absolute Gasteiger partial charge is 0.265 e. The number of hydrogen-bond acceptors (Lipinski definition) is 4. The number of hydrazine groups is 1. The topological polar surface area (TPSA) is 81.4 Å². The number of amides is 1. The second-order valence-corrected chi connectivity index (χ2v) is 4.15. The fourth-order valence-electron chi connectivity index (χ4n) is 1.64. The average Bonchev–Trinajstić information content (AvgIpc) is 2.53. The summed E-state index contributed by atoms with van der Waals surface area (Å²) < 4.78 is 5.58. The van der Waals surface area contributed by atoms with Crippen LogP contribution in [0, 0.1) is 0 Å². The highest BCUT2D eigenvalue weighted by Gasteiger charge is 2.03. The van der Waals surface area contributed by atoms with Gasteiger partial charge in [0.05, 0.1) is 0 Å². The van der Waals surface area contributed by atoms with Crippen molar-refractivity contribution in [2.24, 2.45) is 5.84 Å². The first-order valence-corrected chi connectivity index (χ1v) is 6.01. The van der Waals surface area contributed by atoms with Crippen molar-refractivity contribution in [1.82, 2.24) is 5.43 Å². The molecule has 0 radical (unpaired) electrons. The van der Waals surface area contributed by atoms with Gasteiger partial charge in [-0.3, -0.25) is 15.0 Å². The summed E-state index contributed by atoms with van der Waals surface area (Å²) in [6, 6.07) is 13.8. The zero-order chi connectivity index (χ0) is 14.4. The summed E-state index contributed by atoms with van der Waals surface area (Å²) in [4.78, 5) is 21.8. The number of nitrogens with one attached hydrogen (secondary N) is 1. The number of hydrogen-bond donors (Lipinski definition) is 2. The average molecular weight is 270 g/mol. The van der Waals surface area contributed by atoms with Gasteiger partial charge in [-0.25, -0.2) is 5.84 Å². The minimum absolute atomic E-state index is 0.332. The minimum Gasteiger partial charge on any atom is -0.489 e. The zero-order valence-electron chi connectivity index (χ0n) is 10.7. The van der Waals surface area contributed by atoms with Crippen molar-refractivity contribution in [1.29, 1.82) is 0 Å². The molecule has 5 heteroatoms. The molecule has 3 N–H and O–H groups in total. The maximum Gasteiger partial charge on any atom is 0.265 e. The van der Waals surface area contributed by atoms with Crippen molar-refractivity contribution in [3.8, 4) is 5.75 Å². The van der Waals surface area contributed by atoms with E-state index in [-0.39, 0.29) is 5.91 Å². The van der Waals surface area contributed by atoms with Gasteiger partial charge >= 0.3 is 0 Å². The normalized spacial score (nSPS) is 9.85. The number of aldehydes is 1. The van der Waals surface area contributed by atoms with Crippen LogP contribution in [0.1, 0.15) is 26.3 Å². The van der Waals surface area contributed by atoms with E-state index in [1.165, 1.54) is 0 Å². The lowest BCUT2D eigenvalue weighted by atomic mass is 10.1. The molecule has 2 aromatic rings. The third-order valence-corrected chi connectivity index (χ3v) is 2.77. The number of ether oxygens (including phenoxy) is 1. The molecule has 0 aliphatic heterocycles. The molecule has 0 bridgehead atoms. The lowest BCUT2D eigenvalue weighted by molar-refractivity contribution is 0.0953. The van der Waals surface area contributed by atoms with Crippen LogP contribution in [0.4, 0.5) is 0 Å². The van der Waals surface area contributed by atoms with E-state index in [0.717, 1.165) is 11.8 Å². The highest BCUT2D eigenvalue weighted by atomic mass is 16.5. The van der Waals surface area contributed by atoms with Gasteiger partial charge in [-0.1, -0.05) is 12.1 Å². The summed E-state index contributed by atoms with van der Waals surface area (Å²) in [5, 5.41) is 0. The molecule has 0 aromatic heterocycles. The maximum atomic E-state index is 11.3. The number of nitrogens with two attached hydrogens (primary N) is 1. The molecule has 0 aliphatic rings. The Morgan fingerprint density at radius 1 is 1.10 bits per heavy atom. The van der Waals surface area contributed by atoms with Crippen molar-refractivity contribution in [2.45, 2.75) is 6.61 Å². The first-order valence-electron chi connectivity index (χ1n) is 6.01. The molecule has 2 aromatic carbocycles. The molecule has 0 spiro atoms. The van der Waals surface area contributed by atoms with E-state index >= 15 is 0 Å². The van der Waals surface area contributed by atoms with E-state index < -0.39 is 0 Å². The monoisotopic (exact) mass is 270 g/mol. The number of carbonyl (C=O) groups is 2. The Bertz CT molecular complexity index is 592. The highest BCUT2D eigenvalue weighted by molar-refractivity contribution is 5.93. The SMILES string of the molecule is NNC(=O)c1ccc(COc2ccc(C=O)cc2)cc1. The molecule has 0 saturated heterocycles. The van der Waals surface area contributed by atoms with Gasteiger partial charge in [0, 0.05) is 11.1 Å². The van der Waals surface area contributed by atoms with Crippen LogP contribution < -0.4 is 16.0 Å². The second kappa shape index (κ2) is 6.49. The van der Waals surface area contributed by atoms with E-state index in [4.69, 9.17) is 10.6 Å². The van der Waals surface area contributed by atoms with Crippen LogP contribution in [-0.2, 0) is 6.61 Å². The van der Waals surface area contributed by atoms with Gasteiger partial charge in [-0.15, -0.1) is 0 Å². The van der Waals surface area contributed by atoms with Crippen molar-refractivity contribution in [3.63, 3.8) is 0 Å². The fraction of sp³-hybridized carbons (Fsp3) is 0.0667. The summed E-state index contributed by atoms with van der Waals surface area (Å²) in [7, 11) is 0. The second-order valence-electron chi connectivity index (χ2n) is 4.15. The molecule has 5 nitrogen and oxygen atoms in total. The number of carbonyl (C=O) groups excluding carboxylic acids is 2. The van der Waals surface area contributed by atoms with Gasteiger partial charge in [0.15, 0.2) is 0 Å². The molecule has 1 amide bonds. The third kappa shape index (κ3) is 3.43. The Hall–Kier alpha value is -2.66.